The topological polar surface area (TPSA) is 118 Å². The van der Waals surface area contributed by atoms with Gasteiger partial charge in [0.1, 0.15) is 0 Å². The molecule has 1 fully saturated rings. The lowest BCUT2D eigenvalue weighted by atomic mass is 10.1. The maximum Gasteiger partial charge on any atom is 0.270 e. The van der Waals surface area contributed by atoms with Crippen LogP contribution in [0.25, 0.3) is 0 Å². The highest BCUT2D eigenvalue weighted by molar-refractivity contribution is 7.92. The van der Waals surface area contributed by atoms with Gasteiger partial charge < -0.3 is 5.32 Å². The molecule has 0 aromatic heterocycles. The molecule has 0 unspecified atom stereocenters. The number of sulfonamides is 1. The van der Waals surface area contributed by atoms with Crippen molar-refractivity contribution in [3.63, 3.8) is 0 Å². The molecule has 3 rings (SSSR count). The van der Waals surface area contributed by atoms with E-state index < -0.39 is 14.9 Å². The third-order valence-electron chi connectivity index (χ3n) is 4.19. The highest BCUT2D eigenvalue weighted by Crippen LogP contribution is 2.24. The summed E-state index contributed by atoms with van der Waals surface area (Å²) in [7, 11) is -3.98. The quantitative estimate of drug-likeness (QED) is 0.557. The largest absolute Gasteiger partial charge is 0.353 e. The molecule has 0 aliphatic heterocycles. The van der Waals surface area contributed by atoms with Crippen LogP contribution in [-0.4, -0.2) is 25.3 Å². The third-order valence-corrected chi connectivity index (χ3v) is 5.71. The molecule has 2 aromatic carbocycles. The van der Waals surface area contributed by atoms with E-state index in [1.807, 2.05) is 0 Å². The van der Waals surface area contributed by atoms with E-state index in [9.17, 15) is 23.3 Å². The van der Waals surface area contributed by atoms with E-state index in [-0.39, 0.29) is 22.9 Å². The van der Waals surface area contributed by atoms with Gasteiger partial charge >= 0.3 is 0 Å². The van der Waals surface area contributed by atoms with Gasteiger partial charge in [0.05, 0.1) is 16.2 Å². The predicted molar refractivity (Wildman–Crippen MR) is 100.0 cm³/mol. The van der Waals surface area contributed by atoms with Gasteiger partial charge in [-0.05, 0) is 43.0 Å². The molecule has 8 nitrogen and oxygen atoms in total. The summed E-state index contributed by atoms with van der Waals surface area (Å²) in [5.74, 6) is -0.0574. The van der Waals surface area contributed by atoms with Crippen molar-refractivity contribution in [2.24, 2.45) is 0 Å². The van der Waals surface area contributed by atoms with Gasteiger partial charge in [0.2, 0.25) is 5.91 Å². The summed E-state index contributed by atoms with van der Waals surface area (Å²) in [6.45, 7) is 1.57. The van der Waals surface area contributed by atoms with E-state index >= 15 is 0 Å². The highest BCUT2D eigenvalue weighted by Gasteiger charge is 2.23. The molecule has 1 aliphatic carbocycles. The molecule has 1 saturated carbocycles. The summed E-state index contributed by atoms with van der Waals surface area (Å²) in [4.78, 5) is 21.9. The number of rotatable bonds is 7. The zero-order valence-electron chi connectivity index (χ0n) is 14.6. The first-order chi connectivity index (χ1) is 12.7. The summed E-state index contributed by atoms with van der Waals surface area (Å²) in [5, 5.41) is 13.8. The Labute approximate surface area is 156 Å². The van der Waals surface area contributed by atoms with Crippen LogP contribution in [0, 0.1) is 17.0 Å². The first-order valence-electron chi connectivity index (χ1n) is 8.41. The van der Waals surface area contributed by atoms with Crippen molar-refractivity contribution in [3.05, 3.63) is 63.7 Å². The minimum Gasteiger partial charge on any atom is -0.353 e. The Balaban J connectivity index is 1.73. The average Bonchev–Trinajstić information content (AvgIpc) is 3.40. The molecule has 2 N–H and O–H groups in total. The lowest BCUT2D eigenvalue weighted by Gasteiger charge is -2.11. The number of aryl methyl sites for hydroxylation is 1. The standard InChI is InChI=1S/C18H19N3O5S/c1-12-2-9-16(21(23)24)11-17(12)27(25,26)20-15-5-3-13(4-6-15)10-18(22)19-14-7-8-14/h2-6,9,11,14,20H,7-8,10H2,1H3,(H,19,22). The highest BCUT2D eigenvalue weighted by atomic mass is 32.2. The number of carbonyl (C=O) groups is 1. The Morgan fingerprint density at radius 1 is 1.19 bits per heavy atom. The van der Waals surface area contributed by atoms with E-state index in [0.29, 0.717) is 17.3 Å². The minimum atomic E-state index is -3.98. The van der Waals surface area contributed by atoms with Crippen molar-refractivity contribution in [3.8, 4) is 0 Å². The number of hydrogen-bond donors (Lipinski definition) is 2. The van der Waals surface area contributed by atoms with Gasteiger partial charge in [-0.1, -0.05) is 18.2 Å². The molecule has 1 amide bonds. The lowest BCUT2D eigenvalue weighted by molar-refractivity contribution is -0.385. The van der Waals surface area contributed by atoms with E-state index in [0.717, 1.165) is 24.5 Å². The smallest absolute Gasteiger partial charge is 0.270 e. The van der Waals surface area contributed by atoms with Gasteiger partial charge in [-0.25, -0.2) is 8.42 Å². The van der Waals surface area contributed by atoms with Gasteiger partial charge in [-0.3, -0.25) is 19.6 Å². The van der Waals surface area contributed by atoms with Crippen molar-refractivity contribution < 1.29 is 18.1 Å². The summed E-state index contributed by atoms with van der Waals surface area (Å²) < 4.78 is 27.6. The maximum absolute atomic E-state index is 12.6. The summed E-state index contributed by atoms with van der Waals surface area (Å²) >= 11 is 0. The van der Waals surface area contributed by atoms with Crippen molar-refractivity contribution in [1.29, 1.82) is 0 Å². The summed E-state index contributed by atoms with van der Waals surface area (Å²) in [6, 6.07) is 10.4. The van der Waals surface area contributed by atoms with Crippen LogP contribution < -0.4 is 10.0 Å². The SMILES string of the molecule is Cc1ccc([N+](=O)[O-])cc1S(=O)(=O)Nc1ccc(CC(=O)NC2CC2)cc1. The van der Waals surface area contributed by atoms with Crippen LogP contribution in [0.2, 0.25) is 0 Å². The fraction of sp³-hybridized carbons (Fsp3) is 0.278. The molecule has 9 heteroatoms. The van der Waals surface area contributed by atoms with Crippen molar-refractivity contribution in [2.75, 3.05) is 4.72 Å². The van der Waals surface area contributed by atoms with Crippen molar-refractivity contribution in [2.45, 2.75) is 37.1 Å². The van der Waals surface area contributed by atoms with Crippen molar-refractivity contribution >= 4 is 27.3 Å². The number of anilines is 1. The molecule has 2 aromatic rings. The zero-order chi connectivity index (χ0) is 19.6. The molecule has 27 heavy (non-hydrogen) atoms. The number of nitrogens with zero attached hydrogens (tertiary/aromatic N) is 1. The number of carbonyl (C=O) groups excluding carboxylic acids is 1. The Kier molecular flexibility index (Phi) is 5.13. The number of amides is 1. The fourth-order valence-electron chi connectivity index (χ4n) is 2.58. The third kappa shape index (κ3) is 4.82. The lowest BCUT2D eigenvalue weighted by Crippen LogP contribution is -2.26. The molecule has 0 bridgehead atoms. The number of nitro groups is 1. The Bertz CT molecular complexity index is 983. The zero-order valence-corrected chi connectivity index (χ0v) is 15.5. The van der Waals surface area contributed by atoms with Crippen LogP contribution >= 0.6 is 0 Å². The summed E-state index contributed by atoms with van der Waals surface area (Å²) in [5.41, 5.74) is 1.19. The van der Waals surface area contributed by atoms with Crippen LogP contribution in [0.4, 0.5) is 11.4 Å². The predicted octanol–water partition coefficient (Wildman–Crippen LogP) is 2.53. The molecule has 0 saturated heterocycles. The van der Waals surface area contributed by atoms with Gasteiger partial charge in [0.25, 0.3) is 15.7 Å². The molecule has 0 atom stereocenters. The van der Waals surface area contributed by atoms with Gasteiger partial charge in [0, 0.05) is 23.9 Å². The van der Waals surface area contributed by atoms with Crippen molar-refractivity contribution in [1.82, 2.24) is 5.32 Å². The molecule has 0 heterocycles. The van der Waals surface area contributed by atoms with Crippen LogP contribution in [-0.2, 0) is 21.2 Å². The Morgan fingerprint density at radius 2 is 1.85 bits per heavy atom. The number of hydrogen-bond acceptors (Lipinski definition) is 5. The van der Waals surface area contributed by atoms with E-state index in [2.05, 4.69) is 10.0 Å². The molecular weight excluding hydrogens is 370 g/mol. The van der Waals surface area contributed by atoms with Gasteiger partial charge in [-0.15, -0.1) is 0 Å². The number of nitrogens with one attached hydrogen (secondary N) is 2. The molecular formula is C18H19N3O5S. The normalized spacial score (nSPS) is 13.8. The molecule has 0 spiro atoms. The first-order valence-corrected chi connectivity index (χ1v) is 9.89. The second kappa shape index (κ2) is 7.36. The molecule has 142 valence electrons. The second-order valence-corrected chi connectivity index (χ2v) is 8.18. The minimum absolute atomic E-state index is 0.0574. The van der Waals surface area contributed by atoms with Gasteiger partial charge in [-0.2, -0.15) is 0 Å². The van der Waals surface area contributed by atoms with Crippen LogP contribution in [0.1, 0.15) is 24.0 Å². The first kappa shape index (κ1) is 18.8. The number of nitro benzene ring substituents is 1. The maximum atomic E-state index is 12.6. The molecule has 0 radical (unpaired) electrons. The van der Waals surface area contributed by atoms with Crippen LogP contribution in [0.3, 0.4) is 0 Å². The van der Waals surface area contributed by atoms with Crippen LogP contribution in [0.5, 0.6) is 0 Å². The van der Waals surface area contributed by atoms with Crippen LogP contribution in [0.15, 0.2) is 47.4 Å². The average molecular weight is 389 g/mol. The Hall–Kier alpha value is -2.94. The summed E-state index contributed by atoms with van der Waals surface area (Å²) in [6.07, 6.45) is 2.26. The van der Waals surface area contributed by atoms with Gasteiger partial charge in [0.15, 0.2) is 0 Å². The Morgan fingerprint density at radius 3 is 2.44 bits per heavy atom. The van der Waals surface area contributed by atoms with E-state index in [4.69, 9.17) is 0 Å². The number of non-ortho nitro benzene ring substituents is 1. The van der Waals surface area contributed by atoms with E-state index in [1.54, 1.807) is 31.2 Å². The fourth-order valence-corrected chi connectivity index (χ4v) is 3.91. The van der Waals surface area contributed by atoms with E-state index in [1.165, 1.54) is 12.1 Å². The monoisotopic (exact) mass is 389 g/mol. The second-order valence-electron chi connectivity index (χ2n) is 6.53. The number of benzene rings is 2. The molecule has 1 aliphatic rings.